The highest BCUT2D eigenvalue weighted by atomic mass is 15.2. The largest absolute Gasteiger partial charge is 0.304 e. The van der Waals surface area contributed by atoms with Gasteiger partial charge in [-0.1, -0.05) is 48.5 Å². The van der Waals surface area contributed by atoms with E-state index in [4.69, 9.17) is 4.99 Å². The molecule has 4 heteroatoms. The number of benzene rings is 2. The summed E-state index contributed by atoms with van der Waals surface area (Å²) in [5, 5.41) is 0. The molecular formula is C20H20N4. The second-order valence-electron chi connectivity index (χ2n) is 6.29. The van der Waals surface area contributed by atoms with Crippen LogP contribution in [0.3, 0.4) is 0 Å². The summed E-state index contributed by atoms with van der Waals surface area (Å²) in [7, 11) is 4.16. The maximum atomic E-state index is 4.89. The summed E-state index contributed by atoms with van der Waals surface area (Å²) >= 11 is 0. The molecule has 0 N–H and O–H groups in total. The topological polar surface area (TPSA) is 33.4 Å². The average molecular weight is 316 g/mol. The summed E-state index contributed by atoms with van der Waals surface area (Å²) in [5.74, 6) is 0.991. The van der Waals surface area contributed by atoms with Crippen LogP contribution in [0.1, 0.15) is 22.6 Å². The van der Waals surface area contributed by atoms with Gasteiger partial charge in [0.2, 0.25) is 0 Å². The Morgan fingerprint density at radius 3 is 2.54 bits per heavy atom. The van der Waals surface area contributed by atoms with Gasteiger partial charge in [0.15, 0.2) is 0 Å². The second-order valence-corrected chi connectivity index (χ2v) is 6.29. The summed E-state index contributed by atoms with van der Waals surface area (Å²) in [6.45, 7) is 1.44. The number of hydrogen-bond donors (Lipinski definition) is 0. The van der Waals surface area contributed by atoms with Gasteiger partial charge >= 0.3 is 0 Å². The van der Waals surface area contributed by atoms with E-state index in [-0.39, 0.29) is 0 Å². The number of fused-ring (bicyclic) bond motifs is 3. The van der Waals surface area contributed by atoms with Crippen LogP contribution in [0.4, 0.5) is 0 Å². The Balaban J connectivity index is 1.91. The first-order chi connectivity index (χ1) is 11.7. The quantitative estimate of drug-likeness (QED) is 0.743. The zero-order valence-electron chi connectivity index (χ0n) is 14.0. The number of hydrogen-bond acceptors (Lipinski definition) is 3. The summed E-state index contributed by atoms with van der Waals surface area (Å²) in [6, 6.07) is 18.8. The lowest BCUT2D eigenvalue weighted by Crippen LogP contribution is -2.15. The third kappa shape index (κ3) is 2.55. The van der Waals surface area contributed by atoms with E-state index < -0.39 is 0 Å². The Labute approximate surface area is 142 Å². The van der Waals surface area contributed by atoms with Gasteiger partial charge in [0.1, 0.15) is 5.82 Å². The van der Waals surface area contributed by atoms with Crippen LogP contribution in [-0.2, 0) is 13.1 Å². The van der Waals surface area contributed by atoms with Gasteiger partial charge in [-0.3, -0.25) is 9.56 Å². The Morgan fingerprint density at radius 1 is 1.00 bits per heavy atom. The molecule has 120 valence electrons. The van der Waals surface area contributed by atoms with Crippen molar-refractivity contribution in [2.75, 3.05) is 14.1 Å². The second kappa shape index (κ2) is 6.06. The highest BCUT2D eigenvalue weighted by Gasteiger charge is 2.21. The highest BCUT2D eigenvalue weighted by Crippen LogP contribution is 2.26. The van der Waals surface area contributed by atoms with E-state index >= 15 is 0 Å². The van der Waals surface area contributed by atoms with Crippen molar-refractivity contribution in [2.24, 2.45) is 4.99 Å². The van der Waals surface area contributed by atoms with Gasteiger partial charge in [-0.05, 0) is 20.2 Å². The monoisotopic (exact) mass is 316 g/mol. The van der Waals surface area contributed by atoms with Crippen molar-refractivity contribution in [3.63, 3.8) is 0 Å². The third-order valence-corrected chi connectivity index (χ3v) is 4.21. The minimum atomic E-state index is 0.590. The molecule has 2 aromatic carbocycles. The van der Waals surface area contributed by atoms with Crippen molar-refractivity contribution < 1.29 is 0 Å². The number of imidazole rings is 1. The molecule has 0 saturated carbocycles. The molecule has 0 saturated heterocycles. The van der Waals surface area contributed by atoms with Crippen molar-refractivity contribution in [3.8, 4) is 5.69 Å². The molecule has 4 nitrogen and oxygen atoms in total. The smallest absolute Gasteiger partial charge is 0.135 e. The van der Waals surface area contributed by atoms with Crippen LogP contribution in [0, 0.1) is 0 Å². The van der Waals surface area contributed by atoms with Crippen LogP contribution in [-0.4, -0.2) is 34.3 Å². The fourth-order valence-corrected chi connectivity index (χ4v) is 3.22. The molecule has 1 aliphatic heterocycles. The van der Waals surface area contributed by atoms with Gasteiger partial charge in [0.25, 0.3) is 0 Å². The summed E-state index contributed by atoms with van der Waals surface area (Å²) in [5.41, 5.74) is 5.67. The normalized spacial score (nSPS) is 13.2. The van der Waals surface area contributed by atoms with Crippen molar-refractivity contribution in [1.29, 1.82) is 0 Å². The molecule has 0 aliphatic carbocycles. The fraction of sp³-hybridized carbons (Fsp3) is 0.200. The molecule has 1 aromatic heterocycles. The van der Waals surface area contributed by atoms with E-state index in [1.807, 2.05) is 12.3 Å². The number of aliphatic imine (C=N–C) groups is 1. The minimum Gasteiger partial charge on any atom is -0.304 e. The molecular weight excluding hydrogens is 296 g/mol. The molecule has 0 atom stereocenters. The van der Waals surface area contributed by atoms with Crippen LogP contribution in [0.5, 0.6) is 0 Å². The number of rotatable bonds is 3. The lowest BCUT2D eigenvalue weighted by atomic mass is 10.0. The predicted octanol–water partition coefficient (Wildman–Crippen LogP) is 3.28. The summed E-state index contributed by atoms with van der Waals surface area (Å²) in [6.07, 6.45) is 1.97. The van der Waals surface area contributed by atoms with Gasteiger partial charge < -0.3 is 4.90 Å². The molecule has 2 heterocycles. The summed E-state index contributed by atoms with van der Waals surface area (Å²) in [4.78, 5) is 11.7. The van der Waals surface area contributed by atoms with Crippen molar-refractivity contribution in [1.82, 2.24) is 14.5 Å². The Kier molecular flexibility index (Phi) is 3.75. The number of nitrogens with zero attached hydrogens (tertiary/aromatic N) is 4. The average Bonchev–Trinajstić information content (AvgIpc) is 2.90. The van der Waals surface area contributed by atoms with E-state index in [0.717, 1.165) is 34.9 Å². The van der Waals surface area contributed by atoms with Gasteiger partial charge in [-0.2, -0.15) is 0 Å². The van der Waals surface area contributed by atoms with Gasteiger partial charge in [-0.25, -0.2) is 4.98 Å². The van der Waals surface area contributed by atoms with Crippen LogP contribution in [0.15, 0.2) is 65.8 Å². The molecule has 1 aliphatic rings. The van der Waals surface area contributed by atoms with Crippen LogP contribution < -0.4 is 0 Å². The van der Waals surface area contributed by atoms with E-state index in [9.17, 15) is 0 Å². The first-order valence-corrected chi connectivity index (χ1v) is 8.14. The Bertz CT molecular complexity index is 891. The minimum absolute atomic E-state index is 0.590. The predicted molar refractivity (Wildman–Crippen MR) is 96.7 cm³/mol. The van der Waals surface area contributed by atoms with Crippen molar-refractivity contribution in [3.05, 3.63) is 83.4 Å². The molecule has 3 aromatic rings. The van der Waals surface area contributed by atoms with E-state index in [1.165, 1.54) is 5.69 Å². The molecule has 0 bridgehead atoms. The standard InChI is InChI=1S/C20H20N4/c1-23(2)14-16-12-21-19-13-22-20(15-8-4-3-5-9-15)17-10-6-7-11-18(17)24(16)19/h3-12H,13-14H2,1-2H3. The van der Waals surface area contributed by atoms with E-state index in [2.05, 4.69) is 77.1 Å². The SMILES string of the molecule is CN(C)Cc1cnc2n1-c1ccccc1C(c1ccccc1)=NC2. The molecule has 0 fully saturated rings. The molecule has 0 spiro atoms. The number of aromatic nitrogens is 2. The lowest BCUT2D eigenvalue weighted by Gasteiger charge is -2.16. The first-order valence-electron chi connectivity index (χ1n) is 8.14. The van der Waals surface area contributed by atoms with E-state index in [1.54, 1.807) is 0 Å². The molecule has 0 amide bonds. The zero-order chi connectivity index (χ0) is 16.5. The molecule has 4 rings (SSSR count). The molecule has 24 heavy (non-hydrogen) atoms. The van der Waals surface area contributed by atoms with Crippen LogP contribution >= 0.6 is 0 Å². The highest BCUT2D eigenvalue weighted by molar-refractivity contribution is 6.15. The van der Waals surface area contributed by atoms with Crippen LogP contribution in [0.2, 0.25) is 0 Å². The van der Waals surface area contributed by atoms with Crippen LogP contribution in [0.25, 0.3) is 5.69 Å². The Hall–Kier alpha value is -2.72. The first kappa shape index (κ1) is 14.8. The fourth-order valence-electron chi connectivity index (χ4n) is 3.22. The lowest BCUT2D eigenvalue weighted by molar-refractivity contribution is 0.393. The van der Waals surface area contributed by atoms with Gasteiger partial charge in [-0.15, -0.1) is 0 Å². The number of para-hydroxylation sites is 1. The summed E-state index contributed by atoms with van der Waals surface area (Å²) < 4.78 is 2.26. The van der Waals surface area contributed by atoms with E-state index in [0.29, 0.717) is 6.54 Å². The van der Waals surface area contributed by atoms with Crippen molar-refractivity contribution >= 4 is 5.71 Å². The van der Waals surface area contributed by atoms with Crippen molar-refractivity contribution in [2.45, 2.75) is 13.1 Å². The molecule has 0 radical (unpaired) electrons. The van der Waals surface area contributed by atoms with Gasteiger partial charge in [0, 0.05) is 17.7 Å². The zero-order valence-corrected chi connectivity index (χ0v) is 14.0. The Morgan fingerprint density at radius 2 is 1.75 bits per heavy atom. The maximum Gasteiger partial charge on any atom is 0.135 e. The molecule has 0 unspecified atom stereocenters. The maximum absolute atomic E-state index is 4.89. The third-order valence-electron chi connectivity index (χ3n) is 4.21. The van der Waals surface area contributed by atoms with Gasteiger partial charge in [0.05, 0.1) is 29.8 Å².